The van der Waals surface area contributed by atoms with E-state index in [-0.39, 0.29) is 11.6 Å². The number of rotatable bonds is 6. The number of hydrogen-bond donors (Lipinski definition) is 1. The molecule has 6 nitrogen and oxygen atoms in total. The summed E-state index contributed by atoms with van der Waals surface area (Å²) in [6.45, 7) is 4.63. The third-order valence-corrected chi connectivity index (χ3v) is 4.91. The number of amides is 1. The first-order valence-electron chi connectivity index (χ1n) is 9.64. The summed E-state index contributed by atoms with van der Waals surface area (Å²) in [5.74, 6) is 1.03. The van der Waals surface area contributed by atoms with Crippen LogP contribution in [0.15, 0.2) is 53.3 Å². The Morgan fingerprint density at radius 3 is 2.43 bits per heavy atom. The van der Waals surface area contributed by atoms with Crippen molar-refractivity contribution in [1.82, 2.24) is 19.7 Å². The predicted octanol–water partition coefficient (Wildman–Crippen LogP) is 2.96. The monoisotopic (exact) mass is 376 g/mol. The highest BCUT2D eigenvalue weighted by Crippen LogP contribution is 2.39. The van der Waals surface area contributed by atoms with Crippen molar-refractivity contribution >= 4 is 5.91 Å². The van der Waals surface area contributed by atoms with Crippen molar-refractivity contribution < 1.29 is 4.79 Å². The number of para-hydroxylation sites is 1. The van der Waals surface area contributed by atoms with E-state index in [1.54, 1.807) is 4.57 Å². The number of aryl methyl sites for hydroxylation is 2. The zero-order valence-electron chi connectivity index (χ0n) is 16.2. The van der Waals surface area contributed by atoms with Crippen molar-refractivity contribution in [3.8, 4) is 5.69 Å². The second-order valence-corrected chi connectivity index (χ2v) is 7.44. The molecule has 0 atom stereocenters. The first-order chi connectivity index (χ1) is 13.5. The minimum Gasteiger partial charge on any atom is -0.350 e. The number of carbonyl (C=O) groups excluding carboxylic acids is 1. The first-order valence-corrected chi connectivity index (χ1v) is 9.64. The number of benzene rings is 2. The summed E-state index contributed by atoms with van der Waals surface area (Å²) in [6.07, 6.45) is 2.12. The highest BCUT2D eigenvalue weighted by Gasteiger charge is 2.31. The Hall–Kier alpha value is -3.15. The number of nitrogens with one attached hydrogen (secondary N) is 1. The molecule has 0 saturated heterocycles. The van der Waals surface area contributed by atoms with Gasteiger partial charge in [-0.2, -0.15) is 5.10 Å². The van der Waals surface area contributed by atoms with E-state index >= 15 is 0 Å². The van der Waals surface area contributed by atoms with E-state index in [0.29, 0.717) is 24.6 Å². The Kier molecular flexibility index (Phi) is 4.86. The summed E-state index contributed by atoms with van der Waals surface area (Å²) in [6, 6.07) is 15.4. The van der Waals surface area contributed by atoms with Crippen LogP contribution >= 0.6 is 0 Å². The molecule has 1 N–H and O–H groups in total. The third-order valence-electron chi connectivity index (χ3n) is 4.91. The lowest BCUT2D eigenvalue weighted by Gasteiger charge is -2.07. The molecule has 1 aliphatic rings. The standard InChI is InChI=1S/C22H24N4O2/c1-15-12-16(2)14-18(13-15)21(27)23-10-11-25-22(28)26(19-6-4-3-5-7-19)20(24-25)17-8-9-17/h3-7,12-14,17H,8-11H2,1-2H3,(H,23,27). The summed E-state index contributed by atoms with van der Waals surface area (Å²) >= 11 is 0. The quantitative estimate of drug-likeness (QED) is 0.719. The van der Waals surface area contributed by atoms with Gasteiger partial charge in [-0.1, -0.05) is 35.4 Å². The van der Waals surface area contributed by atoms with Gasteiger partial charge >= 0.3 is 5.69 Å². The molecule has 0 radical (unpaired) electrons. The molecule has 1 aliphatic carbocycles. The molecule has 1 heterocycles. The van der Waals surface area contributed by atoms with Crippen molar-refractivity contribution in [2.45, 2.75) is 39.2 Å². The maximum absolute atomic E-state index is 12.9. The van der Waals surface area contributed by atoms with Gasteiger partial charge < -0.3 is 5.32 Å². The number of carbonyl (C=O) groups is 1. The van der Waals surface area contributed by atoms with Crippen LogP contribution in [0, 0.1) is 13.8 Å². The van der Waals surface area contributed by atoms with Crippen molar-refractivity contribution in [2.24, 2.45) is 0 Å². The van der Waals surface area contributed by atoms with Crippen LogP contribution in [-0.2, 0) is 6.54 Å². The average molecular weight is 376 g/mol. The van der Waals surface area contributed by atoms with Gasteiger partial charge in [-0.25, -0.2) is 14.0 Å². The maximum atomic E-state index is 12.9. The van der Waals surface area contributed by atoms with Crippen LogP contribution in [0.1, 0.15) is 46.1 Å². The molecule has 0 spiro atoms. The molecule has 1 aromatic heterocycles. The van der Waals surface area contributed by atoms with Crippen molar-refractivity contribution in [3.63, 3.8) is 0 Å². The highest BCUT2D eigenvalue weighted by molar-refractivity contribution is 5.94. The fourth-order valence-corrected chi connectivity index (χ4v) is 3.48. The summed E-state index contributed by atoms with van der Waals surface area (Å²) in [7, 11) is 0. The molecular weight excluding hydrogens is 352 g/mol. The summed E-state index contributed by atoms with van der Waals surface area (Å²) in [5.41, 5.74) is 3.42. The molecule has 1 saturated carbocycles. The second kappa shape index (κ2) is 7.46. The molecule has 3 aromatic rings. The topological polar surface area (TPSA) is 68.9 Å². The zero-order chi connectivity index (χ0) is 19.7. The molecule has 6 heteroatoms. The van der Waals surface area contributed by atoms with Crippen LogP contribution in [0.4, 0.5) is 0 Å². The van der Waals surface area contributed by atoms with Gasteiger partial charge in [0.05, 0.1) is 12.2 Å². The van der Waals surface area contributed by atoms with E-state index in [2.05, 4.69) is 10.4 Å². The molecule has 0 unspecified atom stereocenters. The zero-order valence-corrected chi connectivity index (χ0v) is 16.2. The lowest BCUT2D eigenvalue weighted by atomic mass is 10.1. The maximum Gasteiger partial charge on any atom is 0.350 e. The minimum absolute atomic E-state index is 0.134. The van der Waals surface area contributed by atoms with Crippen molar-refractivity contribution in [1.29, 1.82) is 0 Å². The van der Waals surface area contributed by atoms with Crippen LogP contribution in [-0.4, -0.2) is 26.8 Å². The van der Waals surface area contributed by atoms with E-state index in [9.17, 15) is 9.59 Å². The molecule has 0 bridgehead atoms. The number of hydrogen-bond acceptors (Lipinski definition) is 3. The van der Waals surface area contributed by atoms with Crippen LogP contribution in [0.25, 0.3) is 5.69 Å². The smallest absolute Gasteiger partial charge is 0.350 e. The second-order valence-electron chi connectivity index (χ2n) is 7.44. The Morgan fingerprint density at radius 2 is 1.79 bits per heavy atom. The van der Waals surface area contributed by atoms with Gasteiger partial charge in [-0.05, 0) is 51.0 Å². The van der Waals surface area contributed by atoms with Gasteiger partial charge in [-0.15, -0.1) is 0 Å². The predicted molar refractivity (Wildman–Crippen MR) is 108 cm³/mol. The van der Waals surface area contributed by atoms with Crippen LogP contribution in [0.2, 0.25) is 0 Å². The fourth-order valence-electron chi connectivity index (χ4n) is 3.48. The van der Waals surface area contributed by atoms with Crippen molar-refractivity contribution in [3.05, 3.63) is 81.5 Å². The van der Waals surface area contributed by atoms with Crippen LogP contribution in [0.5, 0.6) is 0 Å². The van der Waals surface area contributed by atoms with E-state index in [1.807, 2.05) is 62.4 Å². The molecule has 1 amide bonds. The Morgan fingerprint density at radius 1 is 1.11 bits per heavy atom. The van der Waals surface area contributed by atoms with Gasteiger partial charge in [0.25, 0.3) is 5.91 Å². The van der Waals surface area contributed by atoms with Gasteiger partial charge in [0.15, 0.2) is 0 Å². The number of aromatic nitrogens is 3. The van der Waals surface area contributed by atoms with E-state index in [0.717, 1.165) is 35.5 Å². The molecule has 2 aromatic carbocycles. The average Bonchev–Trinajstić information content (AvgIpc) is 3.46. The van der Waals surface area contributed by atoms with Gasteiger partial charge in [0.2, 0.25) is 0 Å². The van der Waals surface area contributed by atoms with E-state index in [4.69, 9.17) is 0 Å². The molecular formula is C22H24N4O2. The van der Waals surface area contributed by atoms with E-state index in [1.165, 1.54) is 4.68 Å². The normalized spacial score (nSPS) is 13.5. The van der Waals surface area contributed by atoms with Crippen LogP contribution < -0.4 is 11.0 Å². The fraction of sp³-hybridized carbons (Fsp3) is 0.318. The van der Waals surface area contributed by atoms with E-state index < -0.39 is 0 Å². The van der Waals surface area contributed by atoms with Gasteiger partial charge in [0, 0.05) is 18.0 Å². The Labute approximate surface area is 163 Å². The van der Waals surface area contributed by atoms with Crippen LogP contribution in [0.3, 0.4) is 0 Å². The molecule has 0 aliphatic heterocycles. The Bertz CT molecular complexity index is 1040. The lowest BCUT2D eigenvalue weighted by Crippen LogP contribution is -2.32. The summed E-state index contributed by atoms with van der Waals surface area (Å²) in [5, 5.41) is 7.46. The molecule has 28 heavy (non-hydrogen) atoms. The summed E-state index contributed by atoms with van der Waals surface area (Å²) in [4.78, 5) is 25.3. The van der Waals surface area contributed by atoms with Gasteiger partial charge in [0.1, 0.15) is 5.82 Å². The molecule has 1 fully saturated rings. The SMILES string of the molecule is Cc1cc(C)cc(C(=O)NCCn2nc(C3CC3)n(-c3ccccc3)c2=O)c1. The highest BCUT2D eigenvalue weighted by atomic mass is 16.2. The largest absolute Gasteiger partial charge is 0.350 e. The molecule has 4 rings (SSSR count). The van der Waals surface area contributed by atoms with Crippen molar-refractivity contribution in [2.75, 3.05) is 6.54 Å². The number of nitrogens with zero attached hydrogens (tertiary/aromatic N) is 3. The van der Waals surface area contributed by atoms with Gasteiger partial charge in [-0.3, -0.25) is 4.79 Å². The summed E-state index contributed by atoms with van der Waals surface area (Å²) < 4.78 is 3.16. The third kappa shape index (κ3) is 3.76. The lowest BCUT2D eigenvalue weighted by molar-refractivity contribution is 0.0951. The molecule has 144 valence electrons. The first kappa shape index (κ1) is 18.2. The Balaban J connectivity index is 1.50. The minimum atomic E-state index is -0.159.